The summed E-state index contributed by atoms with van der Waals surface area (Å²) in [7, 11) is 1.24. The smallest absolute Gasteiger partial charge is 0.496 e. The molecule has 6 nitrogen and oxygen atoms in total. The molecule has 0 aliphatic carbocycles. The van der Waals surface area contributed by atoms with Crippen molar-refractivity contribution in [3.8, 4) is 28.8 Å². The first-order chi connectivity index (χ1) is 11.3. The van der Waals surface area contributed by atoms with E-state index in [9.17, 15) is 18.0 Å². The minimum atomic E-state index is -4.85. The van der Waals surface area contributed by atoms with E-state index in [1.807, 2.05) is 0 Å². The lowest BCUT2D eigenvalue weighted by atomic mass is 10.1. The molecule has 24 heavy (non-hydrogen) atoms. The molecule has 0 spiro atoms. The van der Waals surface area contributed by atoms with E-state index in [1.165, 1.54) is 13.2 Å². The molecule has 1 aromatic heterocycles. The van der Waals surface area contributed by atoms with Gasteiger partial charge in [0, 0.05) is 11.6 Å². The normalized spacial score (nSPS) is 11.0. The first-order valence-corrected chi connectivity index (χ1v) is 7.54. The Hall–Kier alpha value is -2.67. The molecule has 10 heteroatoms. The molecule has 0 radical (unpaired) electrons. The Balaban J connectivity index is 2.63. The predicted molar refractivity (Wildman–Crippen MR) is 80.0 cm³/mol. The summed E-state index contributed by atoms with van der Waals surface area (Å²) in [5, 5.41) is 9.42. The highest BCUT2D eigenvalue weighted by molar-refractivity contribution is 7.98. The largest absolute Gasteiger partial charge is 0.573 e. The molecular formula is C14H10F3N3O3S. The number of halogens is 3. The number of nitrogens with zero attached hydrogens (tertiary/aromatic N) is 2. The van der Waals surface area contributed by atoms with Crippen molar-refractivity contribution in [3.05, 3.63) is 34.1 Å². The van der Waals surface area contributed by atoms with Crippen LogP contribution >= 0.6 is 11.8 Å². The fraction of sp³-hybridized carbons (Fsp3) is 0.214. The molecule has 2 aromatic rings. The molecule has 0 unspecified atom stereocenters. The molecular weight excluding hydrogens is 347 g/mol. The SMILES string of the molecule is COc1cc(OC(F)(F)F)ccc1-c1nc(SC)[nH]c(=O)c1C#N. The highest BCUT2D eigenvalue weighted by Gasteiger charge is 2.31. The Morgan fingerprint density at radius 2 is 2.08 bits per heavy atom. The predicted octanol–water partition coefficient (Wildman–Crippen LogP) is 2.94. The monoisotopic (exact) mass is 357 g/mol. The highest BCUT2D eigenvalue weighted by Crippen LogP contribution is 2.35. The van der Waals surface area contributed by atoms with Crippen molar-refractivity contribution in [2.75, 3.05) is 13.4 Å². The Kier molecular flexibility index (Phi) is 5.04. The number of H-pyrrole nitrogens is 1. The van der Waals surface area contributed by atoms with E-state index < -0.39 is 17.7 Å². The van der Waals surface area contributed by atoms with E-state index in [0.29, 0.717) is 0 Å². The van der Waals surface area contributed by atoms with Gasteiger partial charge in [0.05, 0.1) is 7.11 Å². The van der Waals surface area contributed by atoms with Crippen molar-refractivity contribution in [3.63, 3.8) is 0 Å². The summed E-state index contributed by atoms with van der Waals surface area (Å²) in [6, 6.07) is 5.03. The number of ether oxygens (including phenoxy) is 2. The maximum atomic E-state index is 12.3. The van der Waals surface area contributed by atoms with E-state index in [0.717, 1.165) is 23.9 Å². The molecule has 126 valence electrons. The lowest BCUT2D eigenvalue weighted by Gasteiger charge is -2.13. The maximum Gasteiger partial charge on any atom is 0.573 e. The zero-order valence-electron chi connectivity index (χ0n) is 12.4. The van der Waals surface area contributed by atoms with Gasteiger partial charge in [-0.15, -0.1) is 13.2 Å². The van der Waals surface area contributed by atoms with Gasteiger partial charge in [-0.1, -0.05) is 11.8 Å². The molecule has 0 fully saturated rings. The summed E-state index contributed by atoms with van der Waals surface area (Å²) in [5.74, 6) is -0.505. The molecule has 0 saturated carbocycles. The number of rotatable bonds is 4. The number of alkyl halides is 3. The van der Waals surface area contributed by atoms with Gasteiger partial charge in [0.25, 0.3) is 5.56 Å². The number of nitriles is 1. The molecule has 1 N–H and O–H groups in total. The topological polar surface area (TPSA) is 88.0 Å². The third-order valence-corrected chi connectivity index (χ3v) is 3.44. The fourth-order valence-corrected chi connectivity index (χ4v) is 2.29. The highest BCUT2D eigenvalue weighted by atomic mass is 32.2. The van der Waals surface area contributed by atoms with Crippen LogP contribution in [0.1, 0.15) is 5.56 Å². The molecule has 1 heterocycles. The van der Waals surface area contributed by atoms with Crippen LogP contribution in [-0.2, 0) is 0 Å². The van der Waals surface area contributed by atoms with Gasteiger partial charge in [-0.25, -0.2) is 4.98 Å². The zero-order valence-corrected chi connectivity index (χ0v) is 13.2. The van der Waals surface area contributed by atoms with Crippen LogP contribution < -0.4 is 15.0 Å². The molecule has 0 aliphatic rings. The van der Waals surface area contributed by atoms with Gasteiger partial charge in [-0.05, 0) is 18.4 Å². The maximum absolute atomic E-state index is 12.3. The van der Waals surface area contributed by atoms with Crippen LogP contribution in [0.15, 0.2) is 28.2 Å². The molecule has 0 saturated heterocycles. The van der Waals surface area contributed by atoms with E-state index in [4.69, 9.17) is 10.00 Å². The average Bonchev–Trinajstić information content (AvgIpc) is 2.52. The number of thioether (sulfide) groups is 1. The molecule has 2 rings (SSSR count). The number of aromatic amines is 1. The van der Waals surface area contributed by atoms with Crippen molar-refractivity contribution in [2.45, 2.75) is 11.5 Å². The van der Waals surface area contributed by atoms with Crippen LogP contribution in [0.3, 0.4) is 0 Å². The second-order valence-electron chi connectivity index (χ2n) is 4.32. The Morgan fingerprint density at radius 1 is 1.38 bits per heavy atom. The molecule has 0 atom stereocenters. The second kappa shape index (κ2) is 6.84. The summed E-state index contributed by atoms with van der Waals surface area (Å²) < 4.78 is 45.8. The van der Waals surface area contributed by atoms with Crippen LogP contribution in [0.2, 0.25) is 0 Å². The number of nitrogens with one attached hydrogen (secondary N) is 1. The van der Waals surface area contributed by atoms with Crippen LogP contribution in [-0.4, -0.2) is 29.7 Å². The molecule has 0 amide bonds. The summed E-state index contributed by atoms with van der Waals surface area (Å²) in [6.07, 6.45) is -3.18. The van der Waals surface area contributed by atoms with E-state index in [-0.39, 0.29) is 27.7 Å². The first-order valence-electron chi connectivity index (χ1n) is 6.31. The summed E-state index contributed by atoms with van der Waals surface area (Å²) in [6.45, 7) is 0. The van der Waals surface area contributed by atoms with E-state index in [1.54, 1.807) is 12.3 Å². The van der Waals surface area contributed by atoms with Crippen molar-refractivity contribution >= 4 is 11.8 Å². The number of aromatic nitrogens is 2. The van der Waals surface area contributed by atoms with Crippen LogP contribution in [0.4, 0.5) is 13.2 Å². The molecule has 0 bridgehead atoms. The third-order valence-electron chi connectivity index (χ3n) is 2.86. The van der Waals surface area contributed by atoms with Gasteiger partial charge < -0.3 is 14.5 Å². The Bertz CT molecular complexity index is 859. The summed E-state index contributed by atoms with van der Waals surface area (Å²) in [4.78, 5) is 18.5. The van der Waals surface area contributed by atoms with Crippen LogP contribution in [0.5, 0.6) is 11.5 Å². The molecule has 1 aromatic carbocycles. The Morgan fingerprint density at radius 3 is 2.62 bits per heavy atom. The quantitative estimate of drug-likeness (QED) is 0.669. The average molecular weight is 357 g/mol. The van der Waals surface area contributed by atoms with Crippen molar-refractivity contribution < 1.29 is 22.6 Å². The summed E-state index contributed by atoms with van der Waals surface area (Å²) >= 11 is 1.15. The van der Waals surface area contributed by atoms with Crippen LogP contribution in [0, 0.1) is 11.3 Å². The lowest BCUT2D eigenvalue weighted by molar-refractivity contribution is -0.274. The van der Waals surface area contributed by atoms with Gasteiger partial charge in [0.15, 0.2) is 5.16 Å². The number of hydrogen-bond donors (Lipinski definition) is 1. The first kappa shape index (κ1) is 17.7. The zero-order chi connectivity index (χ0) is 17.9. The van der Waals surface area contributed by atoms with Gasteiger partial charge >= 0.3 is 6.36 Å². The lowest BCUT2D eigenvalue weighted by Crippen LogP contribution is -2.17. The van der Waals surface area contributed by atoms with Gasteiger partial charge in [-0.2, -0.15) is 5.26 Å². The van der Waals surface area contributed by atoms with Crippen molar-refractivity contribution in [1.82, 2.24) is 9.97 Å². The van der Waals surface area contributed by atoms with Gasteiger partial charge in [0.1, 0.15) is 28.8 Å². The summed E-state index contributed by atoms with van der Waals surface area (Å²) in [5.41, 5.74) is -0.703. The van der Waals surface area contributed by atoms with Gasteiger partial charge in [-0.3, -0.25) is 4.79 Å². The fourth-order valence-electron chi connectivity index (χ4n) is 1.91. The van der Waals surface area contributed by atoms with E-state index >= 15 is 0 Å². The third kappa shape index (κ3) is 3.80. The number of hydrogen-bond acceptors (Lipinski definition) is 6. The van der Waals surface area contributed by atoms with Crippen LogP contribution in [0.25, 0.3) is 11.3 Å². The van der Waals surface area contributed by atoms with E-state index in [2.05, 4.69) is 14.7 Å². The minimum absolute atomic E-state index is 0.0148. The standard InChI is InChI=1S/C14H10F3N3O3S/c1-22-10-5-7(23-14(15,16)17)3-4-8(10)11-9(6-18)12(21)20-13(19-11)24-2/h3-5H,1-2H3,(H,19,20,21). The minimum Gasteiger partial charge on any atom is -0.496 e. The number of benzene rings is 1. The second-order valence-corrected chi connectivity index (χ2v) is 5.12. The van der Waals surface area contributed by atoms with Crippen molar-refractivity contribution in [2.24, 2.45) is 0 Å². The number of methoxy groups -OCH3 is 1. The Labute approximate surface area is 138 Å². The van der Waals surface area contributed by atoms with Crippen molar-refractivity contribution in [1.29, 1.82) is 5.26 Å². The molecule has 0 aliphatic heterocycles. The van der Waals surface area contributed by atoms with Gasteiger partial charge in [0.2, 0.25) is 0 Å².